The Morgan fingerprint density at radius 3 is 1.32 bits per heavy atom. The van der Waals surface area contributed by atoms with E-state index >= 15 is 0 Å². The van der Waals surface area contributed by atoms with Crippen LogP contribution in [-0.2, 0) is 0 Å². The maximum absolute atomic E-state index is 2.35. The molecule has 0 aromatic heterocycles. The van der Waals surface area contributed by atoms with Crippen LogP contribution in [0.2, 0.25) is 0 Å². The van der Waals surface area contributed by atoms with Gasteiger partial charge in [-0.2, -0.15) is 0 Å². The zero-order valence-electron chi connectivity index (χ0n) is 26.2. The van der Waals surface area contributed by atoms with Gasteiger partial charge >= 0.3 is 0 Å². The summed E-state index contributed by atoms with van der Waals surface area (Å²) < 4.78 is 0. The van der Waals surface area contributed by atoms with E-state index in [1.54, 1.807) is 0 Å². The summed E-state index contributed by atoms with van der Waals surface area (Å²) in [6, 6.07) is 0. The second kappa shape index (κ2) is 29.2. The molecule has 0 heteroatoms. The first-order valence-corrected chi connectivity index (χ1v) is 15.6. The van der Waals surface area contributed by atoms with Gasteiger partial charge in [-0.1, -0.05) is 168 Å². The predicted octanol–water partition coefficient (Wildman–Crippen LogP) is 13.2. The third kappa shape index (κ3) is 28.2. The van der Waals surface area contributed by atoms with Crippen molar-refractivity contribution in [3.63, 3.8) is 0 Å². The fourth-order valence-corrected chi connectivity index (χ4v) is 4.24. The summed E-state index contributed by atoms with van der Waals surface area (Å²) in [4.78, 5) is 0. The Morgan fingerprint density at radius 2 is 1.15 bits per heavy atom. The van der Waals surface area contributed by atoms with Crippen LogP contribution in [-0.4, -0.2) is 0 Å². The zero-order chi connectivity index (χ0) is 26.2. The monoisotopic (exact) mass is 485 g/mol. The van der Waals surface area contributed by atoms with Crippen LogP contribution in [0.25, 0.3) is 0 Å². The van der Waals surface area contributed by atoms with Gasteiger partial charge in [-0.25, -0.2) is 0 Å². The Balaban J connectivity index is -0.000000177. The predicted molar refractivity (Wildman–Crippen MR) is 165 cm³/mol. The summed E-state index contributed by atoms with van der Waals surface area (Å²) in [5, 5.41) is 0. The van der Waals surface area contributed by atoms with E-state index in [1.165, 1.54) is 83.5 Å². The fraction of sp³-hybridized carbons (Fsp3) is 1.00. The lowest BCUT2D eigenvalue weighted by Crippen LogP contribution is -2.12. The summed E-state index contributed by atoms with van der Waals surface area (Å²) in [5.74, 6) is 6.83. The largest absolute Gasteiger partial charge is 0.0776 e. The minimum absolute atomic E-state index is 0. The molecule has 2 rings (SSSR count). The molecule has 2 aliphatic rings. The van der Waals surface area contributed by atoms with E-state index in [0.717, 1.165) is 41.4 Å². The molecule has 2 fully saturated rings. The number of hydrogen-bond acceptors (Lipinski definition) is 0. The van der Waals surface area contributed by atoms with Crippen molar-refractivity contribution in [2.75, 3.05) is 0 Å². The van der Waals surface area contributed by atoms with Gasteiger partial charge in [0.2, 0.25) is 0 Å². The van der Waals surface area contributed by atoms with E-state index in [2.05, 4.69) is 76.2 Å². The highest BCUT2D eigenvalue weighted by Crippen LogP contribution is 2.41. The summed E-state index contributed by atoms with van der Waals surface area (Å²) in [7, 11) is 0. The summed E-state index contributed by atoms with van der Waals surface area (Å²) in [5.41, 5.74) is 0. The topological polar surface area (TPSA) is 0 Å². The smallest absolute Gasteiger partial charge is 0.0386 e. The molecular weight excluding hydrogens is 408 g/mol. The Hall–Kier alpha value is 0. The molecule has 0 aromatic rings. The van der Waals surface area contributed by atoms with Gasteiger partial charge in [0.1, 0.15) is 0 Å². The molecule has 0 aromatic carbocycles. The molecule has 0 N–H and O–H groups in total. The van der Waals surface area contributed by atoms with Crippen molar-refractivity contribution in [3.8, 4) is 0 Å². The Kier molecular flexibility index (Phi) is 35.4. The summed E-state index contributed by atoms with van der Waals surface area (Å²) >= 11 is 0. The first-order chi connectivity index (χ1) is 15.6. The molecule has 0 heterocycles. The molecule has 0 bridgehead atoms. The van der Waals surface area contributed by atoms with Gasteiger partial charge in [0.25, 0.3) is 0 Å². The van der Waals surface area contributed by atoms with Crippen molar-refractivity contribution in [1.82, 2.24) is 0 Å². The maximum Gasteiger partial charge on any atom is -0.0386 e. The molecule has 212 valence electrons. The lowest BCUT2D eigenvalue weighted by molar-refractivity contribution is 0.289. The van der Waals surface area contributed by atoms with E-state index < -0.39 is 0 Å². The highest BCUT2D eigenvalue weighted by Gasteiger charge is 2.29. The van der Waals surface area contributed by atoms with Crippen molar-refractivity contribution >= 4 is 0 Å². The third-order valence-electron chi connectivity index (χ3n) is 7.73. The molecule has 3 unspecified atom stereocenters. The van der Waals surface area contributed by atoms with Gasteiger partial charge in [-0.15, -0.1) is 0 Å². The SMILES string of the molecule is C.CC.CC1CCC1.CCC(C)C(C)C(C)C.CCCC(C)C.CCCCC(CCC)C1CC1. The average molecular weight is 485 g/mol. The van der Waals surface area contributed by atoms with Crippen LogP contribution in [0.3, 0.4) is 0 Å². The van der Waals surface area contributed by atoms with Gasteiger partial charge in [-0.05, 0) is 54.3 Å². The Morgan fingerprint density at radius 1 is 0.676 bits per heavy atom. The molecule has 0 spiro atoms. The van der Waals surface area contributed by atoms with Crippen LogP contribution in [0.4, 0.5) is 0 Å². The van der Waals surface area contributed by atoms with Gasteiger partial charge in [-0.3, -0.25) is 0 Å². The number of rotatable bonds is 11. The summed E-state index contributed by atoms with van der Waals surface area (Å²) in [6.45, 7) is 29.2. The zero-order valence-corrected chi connectivity index (χ0v) is 26.2. The average Bonchev–Trinajstić information content (AvgIpc) is 3.62. The van der Waals surface area contributed by atoms with Crippen LogP contribution in [0.1, 0.15) is 181 Å². The Bertz CT molecular complexity index is 334. The van der Waals surface area contributed by atoms with Crippen LogP contribution >= 0.6 is 0 Å². The minimum Gasteiger partial charge on any atom is -0.0776 e. The number of unbranched alkanes of at least 4 members (excludes halogenated alkanes) is 1. The van der Waals surface area contributed by atoms with Gasteiger partial charge in [0.15, 0.2) is 0 Å². The summed E-state index contributed by atoms with van der Waals surface area (Å²) in [6.07, 6.45) is 18.8. The third-order valence-corrected chi connectivity index (χ3v) is 7.73. The molecule has 3 atom stereocenters. The molecular formula is C34H76. The Labute approximate surface area is 222 Å². The van der Waals surface area contributed by atoms with Crippen molar-refractivity contribution in [1.29, 1.82) is 0 Å². The number of hydrogen-bond donors (Lipinski definition) is 0. The molecule has 34 heavy (non-hydrogen) atoms. The molecule has 0 aliphatic heterocycles. The first-order valence-electron chi connectivity index (χ1n) is 15.6. The van der Waals surface area contributed by atoms with Crippen LogP contribution in [0, 0.1) is 41.4 Å². The quantitative estimate of drug-likeness (QED) is 0.273. The van der Waals surface area contributed by atoms with Crippen molar-refractivity contribution in [3.05, 3.63) is 0 Å². The van der Waals surface area contributed by atoms with E-state index in [-0.39, 0.29) is 7.43 Å². The fourth-order valence-electron chi connectivity index (χ4n) is 4.24. The van der Waals surface area contributed by atoms with E-state index in [9.17, 15) is 0 Å². The van der Waals surface area contributed by atoms with Crippen molar-refractivity contribution < 1.29 is 0 Å². The van der Waals surface area contributed by atoms with Crippen LogP contribution < -0.4 is 0 Å². The second-order valence-electron chi connectivity index (χ2n) is 11.7. The van der Waals surface area contributed by atoms with Gasteiger partial charge in [0.05, 0.1) is 0 Å². The lowest BCUT2D eigenvalue weighted by Gasteiger charge is -2.21. The highest BCUT2D eigenvalue weighted by atomic mass is 14.3. The maximum atomic E-state index is 2.35. The van der Waals surface area contributed by atoms with Crippen LogP contribution in [0.15, 0.2) is 0 Å². The molecule has 0 nitrogen and oxygen atoms in total. The first kappa shape index (κ1) is 41.1. The van der Waals surface area contributed by atoms with Gasteiger partial charge < -0.3 is 0 Å². The van der Waals surface area contributed by atoms with E-state index in [4.69, 9.17) is 0 Å². The van der Waals surface area contributed by atoms with Gasteiger partial charge in [0, 0.05) is 0 Å². The van der Waals surface area contributed by atoms with E-state index in [1.807, 2.05) is 13.8 Å². The van der Waals surface area contributed by atoms with Crippen molar-refractivity contribution in [2.45, 2.75) is 181 Å². The molecule has 2 saturated carbocycles. The van der Waals surface area contributed by atoms with Crippen LogP contribution in [0.5, 0.6) is 0 Å². The van der Waals surface area contributed by atoms with E-state index in [0.29, 0.717) is 0 Å². The second-order valence-corrected chi connectivity index (χ2v) is 11.7. The minimum atomic E-state index is 0. The molecule has 0 saturated heterocycles. The van der Waals surface area contributed by atoms with Crippen molar-refractivity contribution in [2.24, 2.45) is 41.4 Å². The highest BCUT2D eigenvalue weighted by molar-refractivity contribution is 4.80. The molecule has 0 radical (unpaired) electrons. The lowest BCUT2D eigenvalue weighted by atomic mass is 9.85. The molecule has 2 aliphatic carbocycles. The normalized spacial score (nSPS) is 17.0. The standard InChI is InChI=1S/C11H22.C9H20.C6H14.C5H10.C2H6.CH4/c1-3-5-7-10(6-4-2)11-8-9-11;1-6-8(4)9(5)7(2)3;1-4-5-6(2)3;1-5-3-2-4-5;1-2;/h10-11H,3-9H2,1-2H3;7-9H,6H2,1-5H3;6H,4-5H2,1-3H3;5H,2-4H2,1H3;1-2H3;1H4. The molecule has 0 amide bonds.